The predicted molar refractivity (Wildman–Crippen MR) is 75.3 cm³/mol. The highest BCUT2D eigenvalue weighted by Gasteiger charge is 2.25. The van der Waals surface area contributed by atoms with Crippen LogP contribution in [0.1, 0.15) is 22.2 Å². The van der Waals surface area contributed by atoms with E-state index in [1.807, 2.05) is 0 Å². The number of nitrogens with one attached hydrogen (secondary N) is 1. The van der Waals surface area contributed by atoms with Gasteiger partial charge in [0.05, 0.1) is 24.1 Å². The van der Waals surface area contributed by atoms with Gasteiger partial charge in [0.2, 0.25) is 0 Å². The van der Waals surface area contributed by atoms with Gasteiger partial charge in [0, 0.05) is 0 Å². The van der Waals surface area contributed by atoms with Crippen molar-refractivity contribution >= 4 is 33.3 Å². The number of fused-ring (bicyclic) bond motifs is 1. The van der Waals surface area contributed by atoms with Gasteiger partial charge in [-0.1, -0.05) is 0 Å². The van der Waals surface area contributed by atoms with Gasteiger partial charge in [-0.15, -0.1) is 11.3 Å². The first-order chi connectivity index (χ1) is 9.41. The summed E-state index contributed by atoms with van der Waals surface area (Å²) in [5, 5.41) is 31.3. The summed E-state index contributed by atoms with van der Waals surface area (Å²) in [7, 11) is 0. The summed E-state index contributed by atoms with van der Waals surface area (Å²) in [6.45, 7) is 2.75. The van der Waals surface area contributed by atoms with Gasteiger partial charge in [0.15, 0.2) is 0 Å². The van der Waals surface area contributed by atoms with E-state index in [4.69, 9.17) is 5.11 Å². The number of hydrogen-bond acceptors (Lipinski definition) is 7. The lowest BCUT2D eigenvalue weighted by Crippen LogP contribution is -2.42. The van der Waals surface area contributed by atoms with Gasteiger partial charge in [0.25, 0.3) is 0 Å². The molecule has 0 aromatic carbocycles. The molecule has 2 rings (SSSR count). The molecule has 4 N–H and O–H groups in total. The summed E-state index contributed by atoms with van der Waals surface area (Å²) >= 11 is 1.07. The Bertz CT molecular complexity index is 651. The van der Waals surface area contributed by atoms with Crippen molar-refractivity contribution in [1.29, 1.82) is 0 Å². The van der Waals surface area contributed by atoms with E-state index in [1.165, 1.54) is 6.33 Å². The minimum absolute atomic E-state index is 0.207. The van der Waals surface area contributed by atoms with E-state index >= 15 is 0 Å². The average Bonchev–Trinajstić information content (AvgIpc) is 2.77. The summed E-state index contributed by atoms with van der Waals surface area (Å²) in [6, 6.07) is 0. The molecule has 0 aliphatic heterocycles. The molecule has 2 aromatic rings. The number of anilines is 1. The number of carboxylic acid groups (broad SMARTS) is 1. The molecule has 0 fully saturated rings. The SMILES string of the molecule is Cc1c(C(=O)O)sc2ncnc(NC(C)(CO)CO)c12. The molecule has 2 heterocycles. The fourth-order valence-electron chi connectivity index (χ4n) is 1.79. The van der Waals surface area contributed by atoms with E-state index < -0.39 is 11.5 Å². The highest BCUT2D eigenvalue weighted by atomic mass is 32.1. The van der Waals surface area contributed by atoms with Gasteiger partial charge < -0.3 is 20.6 Å². The van der Waals surface area contributed by atoms with Gasteiger partial charge in [0.1, 0.15) is 21.9 Å². The average molecular weight is 297 g/mol. The summed E-state index contributed by atoms with van der Waals surface area (Å²) < 4.78 is 0. The second kappa shape index (κ2) is 5.31. The number of aromatic carboxylic acids is 1. The number of aliphatic hydroxyl groups excluding tert-OH is 2. The maximum atomic E-state index is 11.2. The Morgan fingerprint density at radius 2 is 2.05 bits per heavy atom. The lowest BCUT2D eigenvalue weighted by Gasteiger charge is -2.27. The molecule has 20 heavy (non-hydrogen) atoms. The second-order valence-corrected chi connectivity index (χ2v) is 5.76. The number of carbonyl (C=O) groups is 1. The number of aliphatic hydroxyl groups is 2. The first-order valence-electron chi connectivity index (χ1n) is 5.89. The fraction of sp³-hybridized carbons (Fsp3) is 0.417. The lowest BCUT2D eigenvalue weighted by atomic mass is 10.1. The van der Waals surface area contributed by atoms with Crippen LogP contribution < -0.4 is 5.32 Å². The zero-order chi connectivity index (χ0) is 14.9. The maximum Gasteiger partial charge on any atom is 0.346 e. The zero-order valence-corrected chi connectivity index (χ0v) is 11.9. The minimum Gasteiger partial charge on any atom is -0.477 e. The Morgan fingerprint density at radius 1 is 1.40 bits per heavy atom. The van der Waals surface area contributed by atoms with Crippen molar-refractivity contribution in [3.05, 3.63) is 16.8 Å². The van der Waals surface area contributed by atoms with E-state index in [-0.39, 0.29) is 18.1 Å². The van der Waals surface area contributed by atoms with Gasteiger partial charge >= 0.3 is 5.97 Å². The van der Waals surface area contributed by atoms with Gasteiger partial charge in [-0.05, 0) is 19.4 Å². The predicted octanol–water partition coefficient (Wildman–Crippen LogP) is 0.853. The van der Waals surface area contributed by atoms with E-state index in [2.05, 4.69) is 15.3 Å². The Labute approximate surface area is 118 Å². The summed E-state index contributed by atoms with van der Waals surface area (Å²) in [6.07, 6.45) is 1.32. The molecule has 7 nitrogen and oxygen atoms in total. The quantitative estimate of drug-likeness (QED) is 0.646. The van der Waals surface area contributed by atoms with Crippen LogP contribution in [0.15, 0.2) is 6.33 Å². The highest BCUT2D eigenvalue weighted by molar-refractivity contribution is 7.20. The molecule has 0 bridgehead atoms. The minimum atomic E-state index is -1.01. The Balaban J connectivity index is 2.57. The smallest absolute Gasteiger partial charge is 0.346 e. The van der Waals surface area contributed by atoms with Crippen molar-refractivity contribution in [3.8, 4) is 0 Å². The number of rotatable bonds is 5. The third kappa shape index (κ3) is 2.45. The molecule has 0 amide bonds. The van der Waals surface area contributed by atoms with Gasteiger partial charge in [-0.25, -0.2) is 14.8 Å². The Morgan fingerprint density at radius 3 is 2.60 bits per heavy atom. The molecule has 0 saturated heterocycles. The van der Waals surface area contributed by atoms with E-state index in [1.54, 1.807) is 13.8 Å². The summed E-state index contributed by atoms with van der Waals surface area (Å²) in [5.74, 6) is -0.606. The molecule has 108 valence electrons. The number of thiophene rings is 1. The van der Waals surface area contributed by atoms with Crippen LogP contribution in [-0.2, 0) is 0 Å². The number of nitrogens with zero attached hydrogens (tertiary/aromatic N) is 2. The number of hydrogen-bond donors (Lipinski definition) is 4. The van der Waals surface area contributed by atoms with Crippen molar-refractivity contribution in [2.75, 3.05) is 18.5 Å². The van der Waals surface area contributed by atoms with Crippen molar-refractivity contribution in [3.63, 3.8) is 0 Å². The van der Waals surface area contributed by atoms with Crippen LogP contribution in [0.4, 0.5) is 5.82 Å². The normalized spacial score (nSPS) is 11.8. The van der Waals surface area contributed by atoms with Crippen LogP contribution in [0.3, 0.4) is 0 Å². The summed E-state index contributed by atoms with van der Waals surface area (Å²) in [4.78, 5) is 20.1. The molecule has 0 unspecified atom stereocenters. The third-order valence-corrected chi connectivity index (χ3v) is 4.23. The van der Waals surface area contributed by atoms with Crippen LogP contribution >= 0.6 is 11.3 Å². The van der Waals surface area contributed by atoms with Crippen molar-refractivity contribution in [1.82, 2.24) is 9.97 Å². The maximum absolute atomic E-state index is 11.2. The van der Waals surface area contributed by atoms with Crippen molar-refractivity contribution < 1.29 is 20.1 Å². The van der Waals surface area contributed by atoms with E-state index in [0.29, 0.717) is 21.6 Å². The van der Waals surface area contributed by atoms with Crippen LogP contribution in [0, 0.1) is 6.92 Å². The molecule has 0 radical (unpaired) electrons. The number of aryl methyl sites for hydroxylation is 1. The topological polar surface area (TPSA) is 116 Å². The largest absolute Gasteiger partial charge is 0.477 e. The summed E-state index contributed by atoms with van der Waals surface area (Å²) in [5.41, 5.74) is -0.377. The standard InChI is InChI=1S/C12H15N3O4S/c1-6-7-9(15-12(2,3-16)4-17)13-5-14-10(7)20-8(6)11(18)19/h5,16-17H,3-4H2,1-2H3,(H,18,19)(H,13,14,15). The molecule has 0 aliphatic rings. The van der Waals surface area contributed by atoms with Crippen molar-refractivity contribution in [2.24, 2.45) is 0 Å². The molecule has 0 saturated carbocycles. The van der Waals surface area contributed by atoms with Crippen LogP contribution in [0.5, 0.6) is 0 Å². The van der Waals surface area contributed by atoms with Crippen molar-refractivity contribution in [2.45, 2.75) is 19.4 Å². The number of aromatic nitrogens is 2. The van der Waals surface area contributed by atoms with E-state index in [9.17, 15) is 15.0 Å². The molecular weight excluding hydrogens is 282 g/mol. The third-order valence-electron chi connectivity index (χ3n) is 3.04. The first kappa shape index (κ1) is 14.6. The number of carboxylic acids is 1. The van der Waals surface area contributed by atoms with E-state index in [0.717, 1.165) is 11.3 Å². The lowest BCUT2D eigenvalue weighted by molar-refractivity contribution is 0.0701. The first-order valence-corrected chi connectivity index (χ1v) is 6.71. The van der Waals surface area contributed by atoms with Crippen LogP contribution in [0.25, 0.3) is 10.2 Å². The molecule has 0 spiro atoms. The molecule has 0 aliphatic carbocycles. The molecular formula is C12H15N3O4S. The Kier molecular flexibility index (Phi) is 3.89. The highest BCUT2D eigenvalue weighted by Crippen LogP contribution is 2.34. The monoisotopic (exact) mass is 297 g/mol. The molecule has 2 aromatic heterocycles. The second-order valence-electron chi connectivity index (χ2n) is 4.77. The molecule has 8 heteroatoms. The van der Waals surface area contributed by atoms with Crippen LogP contribution in [0.2, 0.25) is 0 Å². The fourth-order valence-corrected chi connectivity index (χ4v) is 2.77. The molecule has 0 atom stereocenters. The zero-order valence-electron chi connectivity index (χ0n) is 11.0. The van der Waals surface area contributed by atoms with Gasteiger partial charge in [-0.2, -0.15) is 0 Å². The Hall–Kier alpha value is -1.77. The van der Waals surface area contributed by atoms with Gasteiger partial charge in [-0.3, -0.25) is 0 Å². The van der Waals surface area contributed by atoms with Crippen LogP contribution in [-0.4, -0.2) is 50.0 Å².